The number of nitrogens with zero attached hydrogens (tertiary/aromatic N) is 2. The zero-order chi connectivity index (χ0) is 17.2. The smallest absolute Gasteiger partial charge is 0.253 e. The number of benzene rings is 1. The van der Waals surface area contributed by atoms with Gasteiger partial charge in [0.25, 0.3) is 5.91 Å². The van der Waals surface area contributed by atoms with E-state index in [1.54, 1.807) is 23.3 Å². The highest BCUT2D eigenvalue weighted by Crippen LogP contribution is 2.14. The molecule has 7 heteroatoms. The van der Waals surface area contributed by atoms with E-state index >= 15 is 0 Å². The van der Waals surface area contributed by atoms with Crippen LogP contribution in [0.1, 0.15) is 16.1 Å². The quantitative estimate of drug-likeness (QED) is 0.840. The Morgan fingerprint density at radius 3 is 2.29 bits per heavy atom. The van der Waals surface area contributed by atoms with Crippen molar-refractivity contribution in [2.75, 3.05) is 32.4 Å². The topological polar surface area (TPSA) is 70.8 Å². The molecule has 128 valence electrons. The van der Waals surface area contributed by atoms with Crippen molar-refractivity contribution in [1.29, 1.82) is 0 Å². The van der Waals surface area contributed by atoms with E-state index in [4.69, 9.17) is 4.42 Å². The van der Waals surface area contributed by atoms with Crippen LogP contribution in [0.2, 0.25) is 0 Å². The van der Waals surface area contributed by atoms with Crippen LogP contribution in [0.15, 0.2) is 52.0 Å². The molecule has 1 aromatic heterocycles. The predicted molar refractivity (Wildman–Crippen MR) is 89.4 cm³/mol. The van der Waals surface area contributed by atoms with Gasteiger partial charge in [0.1, 0.15) is 5.76 Å². The number of piperazine rings is 1. The first-order chi connectivity index (χ1) is 11.4. The Kier molecular flexibility index (Phi) is 4.73. The number of hydrogen-bond acceptors (Lipinski definition) is 5. The van der Waals surface area contributed by atoms with Crippen LogP contribution < -0.4 is 0 Å². The number of carbonyl (C=O) groups is 1. The number of furan rings is 1. The fourth-order valence-corrected chi connectivity index (χ4v) is 3.39. The van der Waals surface area contributed by atoms with E-state index in [1.807, 2.05) is 12.1 Å². The first kappa shape index (κ1) is 16.7. The van der Waals surface area contributed by atoms with E-state index in [0.717, 1.165) is 31.7 Å². The maximum Gasteiger partial charge on any atom is 0.253 e. The van der Waals surface area contributed by atoms with Crippen molar-refractivity contribution in [2.45, 2.75) is 11.4 Å². The van der Waals surface area contributed by atoms with Gasteiger partial charge in [0, 0.05) is 38.0 Å². The predicted octanol–water partition coefficient (Wildman–Crippen LogP) is 1.64. The zero-order valence-corrected chi connectivity index (χ0v) is 14.3. The summed E-state index contributed by atoms with van der Waals surface area (Å²) in [6, 6.07) is 9.93. The van der Waals surface area contributed by atoms with E-state index in [-0.39, 0.29) is 10.8 Å². The Bertz CT molecular complexity index is 790. The second-order valence-corrected chi connectivity index (χ2v) is 7.96. The van der Waals surface area contributed by atoms with Gasteiger partial charge in [0.15, 0.2) is 9.84 Å². The van der Waals surface area contributed by atoms with Crippen LogP contribution in [0.4, 0.5) is 0 Å². The third kappa shape index (κ3) is 3.85. The molecular weight excluding hydrogens is 328 g/mol. The van der Waals surface area contributed by atoms with Crippen LogP contribution in [0.5, 0.6) is 0 Å². The second kappa shape index (κ2) is 6.78. The highest BCUT2D eigenvalue weighted by Gasteiger charge is 2.22. The number of hydrogen-bond donors (Lipinski definition) is 0. The molecule has 1 aliphatic heterocycles. The zero-order valence-electron chi connectivity index (χ0n) is 13.5. The molecule has 1 aliphatic rings. The number of rotatable bonds is 4. The summed E-state index contributed by atoms with van der Waals surface area (Å²) in [6.45, 7) is 3.61. The van der Waals surface area contributed by atoms with E-state index in [9.17, 15) is 13.2 Å². The molecule has 6 nitrogen and oxygen atoms in total. The maximum absolute atomic E-state index is 12.5. The molecule has 3 rings (SSSR count). The summed E-state index contributed by atoms with van der Waals surface area (Å²) >= 11 is 0. The standard InChI is InChI=1S/C17H20N2O4S/c1-24(21,22)16-6-4-14(5-7-16)17(20)19-10-8-18(9-11-19)13-15-3-2-12-23-15/h2-7,12H,8-11,13H2,1H3. The van der Waals surface area contributed by atoms with Gasteiger partial charge in [-0.15, -0.1) is 0 Å². The van der Waals surface area contributed by atoms with Gasteiger partial charge >= 0.3 is 0 Å². The molecular formula is C17H20N2O4S. The molecule has 0 unspecified atom stereocenters. The van der Waals surface area contributed by atoms with Crippen molar-refractivity contribution in [3.05, 3.63) is 54.0 Å². The van der Waals surface area contributed by atoms with Gasteiger partial charge in [-0.3, -0.25) is 9.69 Å². The highest BCUT2D eigenvalue weighted by molar-refractivity contribution is 7.90. The molecule has 24 heavy (non-hydrogen) atoms. The number of amides is 1. The molecule has 0 N–H and O–H groups in total. The summed E-state index contributed by atoms with van der Waals surface area (Å²) in [4.78, 5) is 16.8. The number of sulfone groups is 1. The van der Waals surface area contributed by atoms with Gasteiger partial charge in [-0.2, -0.15) is 0 Å². The minimum Gasteiger partial charge on any atom is -0.468 e. The third-order valence-electron chi connectivity index (χ3n) is 4.15. The first-order valence-corrected chi connectivity index (χ1v) is 9.67. The van der Waals surface area contributed by atoms with Crippen LogP contribution in [-0.4, -0.2) is 56.6 Å². The Morgan fingerprint density at radius 1 is 1.08 bits per heavy atom. The summed E-state index contributed by atoms with van der Waals surface area (Å²) in [7, 11) is -3.24. The highest BCUT2D eigenvalue weighted by atomic mass is 32.2. The molecule has 1 fully saturated rings. The van der Waals surface area contributed by atoms with E-state index < -0.39 is 9.84 Å². The molecule has 0 saturated carbocycles. The lowest BCUT2D eigenvalue weighted by Crippen LogP contribution is -2.48. The number of carbonyl (C=O) groups excluding carboxylic acids is 1. The van der Waals surface area contributed by atoms with Crippen LogP contribution in [0.25, 0.3) is 0 Å². The Hall–Kier alpha value is -2.12. The van der Waals surface area contributed by atoms with Crippen molar-refractivity contribution >= 4 is 15.7 Å². The van der Waals surface area contributed by atoms with E-state index in [0.29, 0.717) is 18.7 Å². The van der Waals surface area contributed by atoms with Crippen molar-refractivity contribution in [2.24, 2.45) is 0 Å². The first-order valence-electron chi connectivity index (χ1n) is 7.77. The summed E-state index contributed by atoms with van der Waals surface area (Å²) in [5.41, 5.74) is 0.516. The van der Waals surface area contributed by atoms with Crippen LogP contribution in [0, 0.1) is 0 Å². The fraction of sp³-hybridized carbons (Fsp3) is 0.353. The average Bonchev–Trinajstić information content (AvgIpc) is 3.07. The summed E-state index contributed by atoms with van der Waals surface area (Å²) < 4.78 is 28.3. The molecule has 1 amide bonds. The molecule has 1 aromatic carbocycles. The SMILES string of the molecule is CS(=O)(=O)c1ccc(C(=O)N2CCN(Cc3ccco3)CC2)cc1. The Labute approximate surface area is 141 Å². The van der Waals surface area contributed by atoms with Gasteiger partial charge < -0.3 is 9.32 Å². The summed E-state index contributed by atoms with van der Waals surface area (Å²) in [5.74, 6) is 0.860. The molecule has 0 aliphatic carbocycles. The summed E-state index contributed by atoms with van der Waals surface area (Å²) in [6.07, 6.45) is 2.82. The van der Waals surface area contributed by atoms with Crippen LogP contribution in [-0.2, 0) is 16.4 Å². The van der Waals surface area contributed by atoms with Crippen molar-refractivity contribution < 1.29 is 17.6 Å². The Balaban J connectivity index is 1.59. The Morgan fingerprint density at radius 2 is 1.75 bits per heavy atom. The largest absolute Gasteiger partial charge is 0.468 e. The average molecular weight is 348 g/mol. The van der Waals surface area contributed by atoms with Gasteiger partial charge in [-0.25, -0.2) is 8.42 Å². The molecule has 1 saturated heterocycles. The monoisotopic (exact) mass is 348 g/mol. The van der Waals surface area contributed by atoms with Crippen molar-refractivity contribution in [3.8, 4) is 0 Å². The lowest BCUT2D eigenvalue weighted by molar-refractivity contribution is 0.0620. The van der Waals surface area contributed by atoms with Gasteiger partial charge in [-0.05, 0) is 36.4 Å². The third-order valence-corrected chi connectivity index (χ3v) is 5.28. The fourth-order valence-electron chi connectivity index (χ4n) is 2.76. The van der Waals surface area contributed by atoms with Crippen molar-refractivity contribution in [1.82, 2.24) is 9.80 Å². The molecule has 2 heterocycles. The lowest BCUT2D eigenvalue weighted by Gasteiger charge is -2.34. The maximum atomic E-state index is 12.5. The van der Waals surface area contributed by atoms with Gasteiger partial charge in [0.05, 0.1) is 17.7 Å². The molecule has 0 bridgehead atoms. The van der Waals surface area contributed by atoms with E-state index in [1.165, 1.54) is 12.1 Å². The van der Waals surface area contributed by atoms with Gasteiger partial charge in [-0.1, -0.05) is 0 Å². The van der Waals surface area contributed by atoms with Crippen LogP contribution >= 0.6 is 0 Å². The summed E-state index contributed by atoms with van der Waals surface area (Å²) in [5, 5.41) is 0. The van der Waals surface area contributed by atoms with Gasteiger partial charge in [0.2, 0.25) is 0 Å². The molecule has 0 radical (unpaired) electrons. The molecule has 2 aromatic rings. The minimum atomic E-state index is -3.24. The normalized spacial score (nSPS) is 16.3. The minimum absolute atomic E-state index is 0.0623. The van der Waals surface area contributed by atoms with E-state index in [2.05, 4.69) is 4.90 Å². The second-order valence-electron chi connectivity index (χ2n) is 5.94. The molecule has 0 spiro atoms. The lowest BCUT2D eigenvalue weighted by atomic mass is 10.2. The van der Waals surface area contributed by atoms with Crippen LogP contribution in [0.3, 0.4) is 0 Å². The molecule has 0 atom stereocenters. The van der Waals surface area contributed by atoms with Crippen molar-refractivity contribution in [3.63, 3.8) is 0 Å².